The Hall–Kier alpha value is -3.32. The summed E-state index contributed by atoms with van der Waals surface area (Å²) in [6.45, 7) is 10.3. The average Bonchev–Trinajstić information content (AvgIpc) is 3.08. The second kappa shape index (κ2) is 12.1. The molecule has 2 aromatic rings. The van der Waals surface area contributed by atoms with Gasteiger partial charge >= 0.3 is 0 Å². The zero-order valence-electron chi connectivity index (χ0n) is 22.2. The lowest BCUT2D eigenvalue weighted by atomic mass is 9.94. The monoisotopic (exact) mass is 494 g/mol. The van der Waals surface area contributed by atoms with Crippen molar-refractivity contribution in [1.82, 2.24) is 9.80 Å². The van der Waals surface area contributed by atoms with Crippen molar-refractivity contribution in [2.24, 2.45) is 5.92 Å². The normalized spacial score (nSPS) is 17.3. The van der Waals surface area contributed by atoms with Crippen LogP contribution < -0.4 is 9.47 Å². The van der Waals surface area contributed by atoms with Crippen LogP contribution in [0.15, 0.2) is 48.0 Å². The van der Waals surface area contributed by atoms with E-state index in [9.17, 15) is 14.7 Å². The van der Waals surface area contributed by atoms with Gasteiger partial charge in [-0.25, -0.2) is 0 Å². The summed E-state index contributed by atoms with van der Waals surface area (Å²) in [5, 5.41) is 11.4. The highest BCUT2D eigenvalue weighted by atomic mass is 16.5. The summed E-state index contributed by atoms with van der Waals surface area (Å²) in [6, 6.07) is 12.0. The molecule has 0 saturated carbocycles. The van der Waals surface area contributed by atoms with Gasteiger partial charge in [-0.3, -0.25) is 9.59 Å². The quantitative estimate of drug-likeness (QED) is 0.275. The van der Waals surface area contributed by atoms with Gasteiger partial charge in [-0.1, -0.05) is 26.0 Å². The van der Waals surface area contributed by atoms with E-state index in [4.69, 9.17) is 9.47 Å². The van der Waals surface area contributed by atoms with Gasteiger partial charge in [-0.2, -0.15) is 0 Å². The minimum absolute atomic E-state index is 0.101. The molecule has 194 valence electrons. The molecular weight excluding hydrogens is 456 g/mol. The molecule has 1 saturated heterocycles. The summed E-state index contributed by atoms with van der Waals surface area (Å²) in [5.74, 6) is 0.374. The average molecular weight is 495 g/mol. The summed E-state index contributed by atoms with van der Waals surface area (Å²) in [5.41, 5.74) is 2.17. The van der Waals surface area contributed by atoms with E-state index in [2.05, 4.69) is 13.8 Å². The number of aryl methyl sites for hydroxylation is 1. The Morgan fingerprint density at radius 2 is 1.78 bits per heavy atom. The van der Waals surface area contributed by atoms with E-state index >= 15 is 0 Å². The van der Waals surface area contributed by atoms with Gasteiger partial charge in [-0.15, -0.1) is 0 Å². The first-order valence-corrected chi connectivity index (χ1v) is 12.5. The molecule has 0 unspecified atom stereocenters. The molecule has 1 amide bonds. The van der Waals surface area contributed by atoms with Crippen molar-refractivity contribution in [3.63, 3.8) is 0 Å². The molecule has 1 heterocycles. The molecular formula is C29H38N2O5. The number of ketones is 1. The van der Waals surface area contributed by atoms with Gasteiger partial charge in [0.2, 0.25) is 0 Å². The molecule has 2 aromatic carbocycles. The molecule has 0 aromatic heterocycles. The van der Waals surface area contributed by atoms with Gasteiger partial charge in [0.05, 0.1) is 24.8 Å². The van der Waals surface area contributed by atoms with Crippen LogP contribution in [0.2, 0.25) is 0 Å². The largest absolute Gasteiger partial charge is 0.507 e. The van der Waals surface area contributed by atoms with Crippen molar-refractivity contribution in [2.45, 2.75) is 40.2 Å². The molecule has 0 bridgehead atoms. The second-order valence-electron chi connectivity index (χ2n) is 9.84. The lowest BCUT2D eigenvalue weighted by molar-refractivity contribution is -0.139. The number of hydrogen-bond donors (Lipinski definition) is 1. The van der Waals surface area contributed by atoms with Crippen LogP contribution in [0.25, 0.3) is 5.76 Å². The number of aliphatic hydroxyl groups is 1. The van der Waals surface area contributed by atoms with E-state index in [1.54, 1.807) is 23.1 Å². The maximum atomic E-state index is 13.2. The smallest absolute Gasteiger partial charge is 0.295 e. The molecule has 0 aliphatic carbocycles. The van der Waals surface area contributed by atoms with Crippen molar-refractivity contribution in [3.05, 3.63) is 64.7 Å². The van der Waals surface area contributed by atoms with E-state index in [1.807, 2.05) is 57.1 Å². The van der Waals surface area contributed by atoms with Crippen LogP contribution in [0.3, 0.4) is 0 Å². The molecule has 3 rings (SSSR count). The first-order valence-electron chi connectivity index (χ1n) is 12.5. The third-order valence-electron chi connectivity index (χ3n) is 6.07. The van der Waals surface area contributed by atoms with Gasteiger partial charge in [0, 0.05) is 12.1 Å². The third kappa shape index (κ3) is 6.26. The van der Waals surface area contributed by atoms with Gasteiger partial charge in [0.25, 0.3) is 11.7 Å². The molecule has 1 N–H and O–H groups in total. The third-order valence-corrected chi connectivity index (χ3v) is 6.07. The Morgan fingerprint density at radius 3 is 2.36 bits per heavy atom. The highest BCUT2D eigenvalue weighted by Crippen LogP contribution is 2.40. The maximum absolute atomic E-state index is 13.2. The number of likely N-dealkylation sites (tertiary alicyclic amines) is 1. The molecule has 0 spiro atoms. The zero-order chi connectivity index (χ0) is 26.4. The van der Waals surface area contributed by atoms with E-state index in [-0.39, 0.29) is 11.3 Å². The van der Waals surface area contributed by atoms with E-state index in [0.717, 1.165) is 23.4 Å². The molecule has 7 nitrogen and oxygen atoms in total. The molecule has 0 radical (unpaired) electrons. The Kier molecular flexibility index (Phi) is 9.15. The predicted octanol–water partition coefficient (Wildman–Crippen LogP) is 4.80. The summed E-state index contributed by atoms with van der Waals surface area (Å²) in [7, 11) is 3.93. The van der Waals surface area contributed by atoms with Gasteiger partial charge in [0.15, 0.2) is 0 Å². The summed E-state index contributed by atoms with van der Waals surface area (Å²) >= 11 is 0. The van der Waals surface area contributed by atoms with Crippen LogP contribution >= 0.6 is 0 Å². The van der Waals surface area contributed by atoms with Crippen LogP contribution in [0, 0.1) is 12.8 Å². The molecule has 36 heavy (non-hydrogen) atoms. The maximum Gasteiger partial charge on any atom is 0.295 e. The first-order chi connectivity index (χ1) is 17.1. The number of aliphatic hydroxyl groups excluding tert-OH is 1. The highest BCUT2D eigenvalue weighted by Gasteiger charge is 2.45. The number of Topliss-reactive ketones (excluding diaryl/α,β-unsaturated/α-hetero) is 1. The minimum atomic E-state index is -0.681. The number of ether oxygens (including phenoxy) is 2. The fourth-order valence-corrected chi connectivity index (χ4v) is 4.30. The Bertz CT molecular complexity index is 1110. The number of hydrogen-bond acceptors (Lipinski definition) is 6. The summed E-state index contributed by atoms with van der Waals surface area (Å²) < 4.78 is 11.4. The number of amides is 1. The lowest BCUT2D eigenvalue weighted by Crippen LogP contribution is -2.32. The minimum Gasteiger partial charge on any atom is -0.507 e. The molecule has 1 aliphatic rings. The van der Waals surface area contributed by atoms with Gasteiger partial charge in [-0.05, 0) is 88.3 Å². The zero-order valence-corrected chi connectivity index (χ0v) is 22.2. The second-order valence-corrected chi connectivity index (χ2v) is 9.84. The molecule has 1 aliphatic heterocycles. The van der Waals surface area contributed by atoms with Crippen LogP contribution in [-0.2, 0) is 9.59 Å². The van der Waals surface area contributed by atoms with Crippen molar-refractivity contribution in [3.8, 4) is 11.5 Å². The summed E-state index contributed by atoms with van der Waals surface area (Å²) in [6.07, 6.45) is 0.703. The molecule has 7 heteroatoms. The number of nitrogens with zero attached hydrogens (tertiary/aromatic N) is 2. The van der Waals surface area contributed by atoms with Crippen molar-refractivity contribution in [2.75, 3.05) is 40.4 Å². The standard InChI is InChI=1S/C29H38N2O5/c1-7-35-23-12-9-21(10-13-23)26-25(28(33)29(34)31(26)16-8-15-30(5)6)27(32)22-11-14-24(20(4)17-22)36-18-19(2)3/h9-14,17,19,26,32H,7-8,15-16,18H2,1-6H3/b27-25+/t26-/m1/s1. The van der Waals surface area contributed by atoms with Crippen molar-refractivity contribution in [1.29, 1.82) is 0 Å². The number of rotatable bonds is 11. The number of carbonyl (C=O) groups is 2. The number of carbonyl (C=O) groups excluding carboxylic acids is 2. The van der Waals surface area contributed by atoms with Crippen LogP contribution in [-0.4, -0.2) is 67.0 Å². The molecule has 1 atom stereocenters. The van der Waals surface area contributed by atoms with Crippen LogP contribution in [0.5, 0.6) is 11.5 Å². The van der Waals surface area contributed by atoms with Crippen molar-refractivity contribution < 1.29 is 24.2 Å². The van der Waals surface area contributed by atoms with Gasteiger partial charge < -0.3 is 24.4 Å². The molecule has 1 fully saturated rings. The SMILES string of the molecule is CCOc1ccc([C@@H]2/C(=C(\O)c3ccc(OCC(C)C)c(C)c3)C(=O)C(=O)N2CCCN(C)C)cc1. The number of benzene rings is 2. The predicted molar refractivity (Wildman–Crippen MR) is 141 cm³/mol. The Labute approximate surface area is 214 Å². The van der Waals surface area contributed by atoms with E-state index < -0.39 is 17.7 Å². The summed E-state index contributed by atoms with van der Waals surface area (Å²) in [4.78, 5) is 30.0. The topological polar surface area (TPSA) is 79.3 Å². The van der Waals surface area contributed by atoms with Gasteiger partial charge in [0.1, 0.15) is 17.3 Å². The lowest BCUT2D eigenvalue weighted by Gasteiger charge is -2.26. The fraction of sp³-hybridized carbons (Fsp3) is 0.448. The first kappa shape index (κ1) is 27.3. The Morgan fingerprint density at radius 1 is 1.08 bits per heavy atom. The van der Waals surface area contributed by atoms with E-state index in [0.29, 0.717) is 43.4 Å². The van der Waals surface area contributed by atoms with Crippen LogP contribution in [0.1, 0.15) is 49.9 Å². The van der Waals surface area contributed by atoms with Crippen LogP contribution in [0.4, 0.5) is 0 Å². The van der Waals surface area contributed by atoms with Crippen molar-refractivity contribution >= 4 is 17.4 Å². The van der Waals surface area contributed by atoms with E-state index in [1.165, 1.54) is 0 Å². The Balaban J connectivity index is 2.03. The fourth-order valence-electron chi connectivity index (χ4n) is 4.30. The highest BCUT2D eigenvalue weighted by molar-refractivity contribution is 6.46.